The predicted molar refractivity (Wildman–Crippen MR) is 93.7 cm³/mol. The summed E-state index contributed by atoms with van der Waals surface area (Å²) in [7, 11) is 0. The van der Waals surface area contributed by atoms with Gasteiger partial charge in [-0.1, -0.05) is 36.4 Å². The third-order valence-electron chi connectivity index (χ3n) is 3.05. The Balaban J connectivity index is 2.88. The molecule has 5 nitrogen and oxygen atoms in total. The summed E-state index contributed by atoms with van der Waals surface area (Å²) >= 11 is 0. The van der Waals surface area contributed by atoms with Crippen molar-refractivity contribution in [2.45, 2.75) is 52.7 Å². The van der Waals surface area contributed by atoms with Crippen LogP contribution >= 0.6 is 0 Å². The summed E-state index contributed by atoms with van der Waals surface area (Å²) in [6.45, 7) is 9.15. The zero-order valence-corrected chi connectivity index (χ0v) is 15.1. The fourth-order valence-electron chi connectivity index (χ4n) is 2.09. The van der Waals surface area contributed by atoms with Crippen molar-refractivity contribution in [3.8, 4) is 0 Å². The minimum absolute atomic E-state index is 0.312. The SMILES string of the molecule is CCOC(=O)/C(C)=C/C(Cc1ccccc1)NC(=O)OC(C)(C)C. The lowest BCUT2D eigenvalue weighted by Crippen LogP contribution is -2.39. The zero-order chi connectivity index (χ0) is 18.2. The number of hydrogen-bond acceptors (Lipinski definition) is 4. The van der Waals surface area contributed by atoms with E-state index < -0.39 is 11.7 Å². The first-order valence-electron chi connectivity index (χ1n) is 8.10. The average Bonchev–Trinajstić information content (AvgIpc) is 2.46. The number of carbonyl (C=O) groups excluding carboxylic acids is 2. The van der Waals surface area contributed by atoms with E-state index in [1.54, 1.807) is 40.7 Å². The van der Waals surface area contributed by atoms with Crippen LogP contribution in [-0.2, 0) is 20.7 Å². The highest BCUT2D eigenvalue weighted by Crippen LogP contribution is 2.10. The molecule has 1 unspecified atom stereocenters. The Kier molecular flexibility index (Phi) is 7.49. The third-order valence-corrected chi connectivity index (χ3v) is 3.05. The molecular weight excluding hydrogens is 306 g/mol. The number of hydrogen-bond donors (Lipinski definition) is 1. The largest absolute Gasteiger partial charge is 0.463 e. The van der Waals surface area contributed by atoms with Crippen LogP contribution in [0.2, 0.25) is 0 Å². The maximum absolute atomic E-state index is 12.1. The molecule has 0 aliphatic heterocycles. The van der Waals surface area contributed by atoms with E-state index in [9.17, 15) is 9.59 Å². The van der Waals surface area contributed by atoms with E-state index in [0.717, 1.165) is 5.56 Å². The molecule has 0 spiro atoms. The van der Waals surface area contributed by atoms with Gasteiger partial charge in [-0.05, 0) is 46.6 Å². The van der Waals surface area contributed by atoms with Gasteiger partial charge in [0.1, 0.15) is 5.60 Å². The molecule has 5 heteroatoms. The smallest absolute Gasteiger partial charge is 0.408 e. The molecule has 0 aliphatic carbocycles. The number of alkyl carbamates (subject to hydrolysis) is 1. The van der Waals surface area contributed by atoms with Gasteiger partial charge in [-0.3, -0.25) is 0 Å². The summed E-state index contributed by atoms with van der Waals surface area (Å²) in [6, 6.07) is 9.36. The van der Waals surface area contributed by atoms with Crippen LogP contribution in [0.3, 0.4) is 0 Å². The summed E-state index contributed by atoms with van der Waals surface area (Å²) < 4.78 is 10.3. The molecule has 0 aromatic heterocycles. The normalized spacial score (nSPS) is 13.1. The standard InChI is InChI=1S/C19H27NO4/c1-6-23-17(21)14(2)12-16(13-15-10-8-7-9-11-15)20-18(22)24-19(3,4)5/h7-12,16H,6,13H2,1-5H3,(H,20,22)/b14-12+. The van der Waals surface area contributed by atoms with Gasteiger partial charge in [-0.15, -0.1) is 0 Å². The first-order chi connectivity index (χ1) is 11.2. The van der Waals surface area contributed by atoms with Crippen molar-refractivity contribution in [3.63, 3.8) is 0 Å². The molecule has 24 heavy (non-hydrogen) atoms. The molecule has 0 aliphatic rings. The molecule has 0 fully saturated rings. The molecular formula is C19H27NO4. The Morgan fingerprint density at radius 1 is 1.21 bits per heavy atom. The molecule has 0 saturated carbocycles. The Labute approximate surface area is 144 Å². The first-order valence-corrected chi connectivity index (χ1v) is 8.10. The van der Waals surface area contributed by atoms with Gasteiger partial charge in [0.25, 0.3) is 0 Å². The summed E-state index contributed by atoms with van der Waals surface area (Å²) in [4.78, 5) is 23.9. The van der Waals surface area contributed by atoms with Crippen molar-refractivity contribution in [2.24, 2.45) is 0 Å². The maximum atomic E-state index is 12.1. The van der Waals surface area contributed by atoms with Crippen LogP contribution in [0.15, 0.2) is 42.0 Å². The van der Waals surface area contributed by atoms with Gasteiger partial charge in [0.05, 0.1) is 12.6 Å². The molecule has 0 radical (unpaired) electrons. The molecule has 1 atom stereocenters. The van der Waals surface area contributed by atoms with Crippen LogP contribution in [0.1, 0.15) is 40.2 Å². The highest BCUT2D eigenvalue weighted by atomic mass is 16.6. The number of ether oxygens (including phenoxy) is 2. The second kappa shape index (κ2) is 9.11. The Morgan fingerprint density at radius 3 is 2.38 bits per heavy atom. The van der Waals surface area contributed by atoms with E-state index in [0.29, 0.717) is 18.6 Å². The minimum Gasteiger partial charge on any atom is -0.463 e. The van der Waals surface area contributed by atoms with Crippen LogP contribution in [0, 0.1) is 0 Å². The lowest BCUT2D eigenvalue weighted by atomic mass is 10.0. The van der Waals surface area contributed by atoms with Crippen molar-refractivity contribution in [1.82, 2.24) is 5.32 Å². The first kappa shape index (κ1) is 19.7. The fourth-order valence-corrected chi connectivity index (χ4v) is 2.09. The summed E-state index contributed by atoms with van der Waals surface area (Å²) in [6.07, 6.45) is 1.74. The van der Waals surface area contributed by atoms with E-state index in [1.807, 2.05) is 30.3 Å². The van der Waals surface area contributed by atoms with Crippen molar-refractivity contribution in [3.05, 3.63) is 47.5 Å². The van der Waals surface area contributed by atoms with Gasteiger partial charge in [-0.25, -0.2) is 9.59 Å². The van der Waals surface area contributed by atoms with Gasteiger partial charge < -0.3 is 14.8 Å². The predicted octanol–water partition coefficient (Wildman–Crippen LogP) is 3.63. The second-order valence-corrected chi connectivity index (χ2v) is 6.51. The third kappa shape index (κ3) is 7.81. The van der Waals surface area contributed by atoms with Gasteiger partial charge in [0.15, 0.2) is 0 Å². The quantitative estimate of drug-likeness (QED) is 0.638. The van der Waals surface area contributed by atoms with E-state index in [-0.39, 0.29) is 12.0 Å². The average molecular weight is 333 g/mol. The van der Waals surface area contributed by atoms with Crippen LogP contribution in [0.4, 0.5) is 4.79 Å². The molecule has 1 amide bonds. The van der Waals surface area contributed by atoms with Crippen LogP contribution in [0.25, 0.3) is 0 Å². The molecule has 1 N–H and O–H groups in total. The number of benzene rings is 1. The van der Waals surface area contributed by atoms with E-state index in [2.05, 4.69) is 5.32 Å². The van der Waals surface area contributed by atoms with E-state index >= 15 is 0 Å². The summed E-state index contributed by atoms with van der Waals surface area (Å²) in [5.74, 6) is -0.387. The second-order valence-electron chi connectivity index (χ2n) is 6.51. The Morgan fingerprint density at radius 2 is 1.83 bits per heavy atom. The Bertz CT molecular complexity index is 573. The van der Waals surface area contributed by atoms with Crippen molar-refractivity contribution < 1.29 is 19.1 Å². The summed E-state index contributed by atoms with van der Waals surface area (Å²) in [5, 5.41) is 2.80. The highest BCUT2D eigenvalue weighted by molar-refractivity contribution is 5.88. The van der Waals surface area contributed by atoms with Crippen molar-refractivity contribution in [1.29, 1.82) is 0 Å². The molecule has 1 rings (SSSR count). The topological polar surface area (TPSA) is 64.6 Å². The van der Waals surface area contributed by atoms with Gasteiger partial charge in [0.2, 0.25) is 0 Å². The molecule has 0 saturated heterocycles. The van der Waals surface area contributed by atoms with Gasteiger partial charge >= 0.3 is 12.1 Å². The van der Waals surface area contributed by atoms with Gasteiger partial charge in [-0.2, -0.15) is 0 Å². The Hall–Kier alpha value is -2.30. The summed E-state index contributed by atoms with van der Waals surface area (Å²) in [5.41, 5.74) is 0.918. The van der Waals surface area contributed by atoms with Crippen LogP contribution < -0.4 is 5.32 Å². The number of esters is 1. The van der Waals surface area contributed by atoms with Crippen molar-refractivity contribution in [2.75, 3.05) is 6.61 Å². The lowest BCUT2D eigenvalue weighted by Gasteiger charge is -2.22. The lowest BCUT2D eigenvalue weighted by molar-refractivity contribution is -0.138. The maximum Gasteiger partial charge on any atom is 0.408 e. The minimum atomic E-state index is -0.582. The van der Waals surface area contributed by atoms with Gasteiger partial charge in [0, 0.05) is 5.57 Å². The highest BCUT2D eigenvalue weighted by Gasteiger charge is 2.19. The zero-order valence-electron chi connectivity index (χ0n) is 15.1. The molecule has 132 valence electrons. The van der Waals surface area contributed by atoms with E-state index in [1.165, 1.54) is 0 Å². The fraction of sp³-hybridized carbons (Fsp3) is 0.474. The number of nitrogens with one attached hydrogen (secondary N) is 1. The van der Waals surface area contributed by atoms with Crippen LogP contribution in [-0.4, -0.2) is 30.3 Å². The number of rotatable bonds is 6. The molecule has 1 aromatic carbocycles. The van der Waals surface area contributed by atoms with Crippen LogP contribution in [0.5, 0.6) is 0 Å². The molecule has 1 aromatic rings. The number of carbonyl (C=O) groups is 2. The number of amides is 1. The molecule has 0 heterocycles. The van der Waals surface area contributed by atoms with E-state index in [4.69, 9.17) is 9.47 Å². The monoisotopic (exact) mass is 333 g/mol. The molecule has 0 bridgehead atoms. The van der Waals surface area contributed by atoms with Crippen molar-refractivity contribution >= 4 is 12.1 Å².